The van der Waals surface area contributed by atoms with Crippen LogP contribution in [-0.2, 0) is 6.54 Å². The number of nitrogens with one attached hydrogen (secondary N) is 1. The second-order valence-corrected chi connectivity index (χ2v) is 6.38. The Kier molecular flexibility index (Phi) is 4.15. The predicted molar refractivity (Wildman–Crippen MR) is 101 cm³/mol. The van der Waals surface area contributed by atoms with Crippen molar-refractivity contribution in [1.82, 2.24) is 19.1 Å². The van der Waals surface area contributed by atoms with Gasteiger partial charge in [-0.05, 0) is 29.7 Å². The number of nitrogens with zero attached hydrogens (tertiary/aromatic N) is 3. The van der Waals surface area contributed by atoms with E-state index in [0.717, 1.165) is 10.1 Å². The number of rotatable bonds is 4. The zero-order chi connectivity index (χ0) is 19.8. The number of benzene rings is 2. The molecule has 8 heteroatoms. The molecular weight excluding hydrogens is 360 g/mol. The van der Waals surface area contributed by atoms with Gasteiger partial charge in [-0.1, -0.05) is 42.5 Å². The second kappa shape index (κ2) is 6.66. The highest BCUT2D eigenvalue weighted by Gasteiger charge is 2.17. The van der Waals surface area contributed by atoms with Gasteiger partial charge in [0.1, 0.15) is 5.52 Å². The molecule has 0 bridgehead atoms. The third-order valence-electron chi connectivity index (χ3n) is 4.60. The number of aromatic carboxylic acids is 1. The van der Waals surface area contributed by atoms with Crippen molar-refractivity contribution < 1.29 is 9.90 Å². The average Bonchev–Trinajstić information content (AvgIpc) is 3.17. The van der Waals surface area contributed by atoms with Crippen LogP contribution >= 0.6 is 0 Å². The number of carboxylic acid groups (broad SMARTS) is 1. The Hall–Kier alpha value is -3.94. The van der Waals surface area contributed by atoms with Crippen LogP contribution in [0.15, 0.2) is 64.4 Å². The van der Waals surface area contributed by atoms with E-state index in [1.807, 2.05) is 19.1 Å². The van der Waals surface area contributed by atoms with Gasteiger partial charge in [0.2, 0.25) is 0 Å². The molecule has 28 heavy (non-hydrogen) atoms. The molecule has 2 aromatic carbocycles. The van der Waals surface area contributed by atoms with Crippen LogP contribution in [0, 0.1) is 6.92 Å². The molecule has 0 spiro atoms. The first-order valence-electron chi connectivity index (χ1n) is 8.52. The SMILES string of the molecule is Cc1ccccc1-n1c(=O)n(Cc2ccc(C(=O)[O-])cc2)c(=O)c2[nH]cnc21. The highest BCUT2D eigenvalue weighted by molar-refractivity contribution is 5.85. The molecule has 0 unspecified atom stereocenters. The number of hydrogen-bond acceptors (Lipinski definition) is 5. The number of aromatic nitrogens is 4. The molecule has 2 aromatic heterocycles. The van der Waals surface area contributed by atoms with E-state index in [0.29, 0.717) is 11.3 Å². The summed E-state index contributed by atoms with van der Waals surface area (Å²) in [5, 5.41) is 10.9. The molecule has 0 aliphatic carbocycles. The predicted octanol–water partition coefficient (Wildman–Crippen LogP) is 0.596. The molecule has 0 radical (unpaired) electrons. The van der Waals surface area contributed by atoms with Gasteiger partial charge in [0.05, 0.1) is 24.5 Å². The molecule has 1 N–H and O–H groups in total. The first-order chi connectivity index (χ1) is 13.5. The van der Waals surface area contributed by atoms with Gasteiger partial charge in [-0.3, -0.25) is 9.36 Å². The quantitative estimate of drug-likeness (QED) is 0.561. The zero-order valence-corrected chi connectivity index (χ0v) is 14.9. The Morgan fingerprint density at radius 3 is 2.50 bits per heavy atom. The number of imidazole rings is 1. The van der Waals surface area contributed by atoms with Crippen molar-refractivity contribution in [2.24, 2.45) is 0 Å². The van der Waals surface area contributed by atoms with E-state index in [-0.39, 0.29) is 23.3 Å². The molecule has 4 rings (SSSR count). The lowest BCUT2D eigenvalue weighted by Crippen LogP contribution is -2.40. The Balaban J connectivity index is 1.92. The number of aryl methyl sites for hydroxylation is 1. The van der Waals surface area contributed by atoms with Crippen molar-refractivity contribution in [1.29, 1.82) is 0 Å². The molecule has 0 atom stereocenters. The van der Waals surface area contributed by atoms with Gasteiger partial charge in [-0.25, -0.2) is 14.3 Å². The lowest BCUT2D eigenvalue weighted by atomic mass is 10.1. The lowest BCUT2D eigenvalue weighted by molar-refractivity contribution is -0.255. The van der Waals surface area contributed by atoms with Gasteiger partial charge in [-0.15, -0.1) is 0 Å². The maximum absolute atomic E-state index is 13.2. The third kappa shape index (κ3) is 2.81. The fraction of sp³-hybridized carbons (Fsp3) is 0.100. The van der Waals surface area contributed by atoms with E-state index in [1.165, 1.54) is 23.0 Å². The van der Waals surface area contributed by atoms with Gasteiger partial charge in [0.25, 0.3) is 5.56 Å². The van der Waals surface area contributed by atoms with E-state index in [4.69, 9.17) is 0 Å². The van der Waals surface area contributed by atoms with Crippen LogP contribution in [-0.4, -0.2) is 25.1 Å². The van der Waals surface area contributed by atoms with Crippen molar-refractivity contribution in [2.45, 2.75) is 13.5 Å². The molecule has 0 saturated heterocycles. The second-order valence-electron chi connectivity index (χ2n) is 6.38. The Morgan fingerprint density at radius 1 is 1.11 bits per heavy atom. The standard InChI is InChI=1S/C20H16N4O4/c1-12-4-2-3-5-15(12)24-17-16(21-11-22-17)18(25)23(20(24)28)10-13-6-8-14(9-7-13)19(26)27/h2-9,11H,10H2,1H3,(H,21,22)(H,26,27)/p-1. The largest absolute Gasteiger partial charge is 0.545 e. The topological polar surface area (TPSA) is 113 Å². The maximum atomic E-state index is 13.2. The zero-order valence-electron chi connectivity index (χ0n) is 14.9. The normalized spacial score (nSPS) is 11.0. The number of carbonyl (C=O) groups excluding carboxylic acids is 1. The summed E-state index contributed by atoms with van der Waals surface area (Å²) >= 11 is 0. The lowest BCUT2D eigenvalue weighted by Gasteiger charge is -2.13. The highest BCUT2D eigenvalue weighted by Crippen LogP contribution is 2.15. The number of fused-ring (bicyclic) bond motifs is 1. The van der Waals surface area contributed by atoms with Gasteiger partial charge in [0, 0.05) is 0 Å². The van der Waals surface area contributed by atoms with Crippen LogP contribution in [0.5, 0.6) is 0 Å². The van der Waals surface area contributed by atoms with E-state index in [9.17, 15) is 19.5 Å². The fourth-order valence-corrected chi connectivity index (χ4v) is 3.15. The van der Waals surface area contributed by atoms with Crippen molar-refractivity contribution in [3.8, 4) is 5.69 Å². The van der Waals surface area contributed by atoms with E-state index >= 15 is 0 Å². The summed E-state index contributed by atoms with van der Waals surface area (Å²) in [5.41, 5.74) is 1.58. The monoisotopic (exact) mass is 375 g/mol. The van der Waals surface area contributed by atoms with Gasteiger partial charge >= 0.3 is 5.69 Å². The molecule has 0 aliphatic rings. The number of H-pyrrole nitrogens is 1. The molecule has 0 fully saturated rings. The van der Waals surface area contributed by atoms with Crippen LogP contribution in [0.4, 0.5) is 0 Å². The Bertz CT molecular complexity index is 1310. The number of para-hydroxylation sites is 1. The smallest absolute Gasteiger partial charge is 0.337 e. The number of aromatic amines is 1. The van der Waals surface area contributed by atoms with Crippen molar-refractivity contribution in [2.75, 3.05) is 0 Å². The average molecular weight is 375 g/mol. The minimum atomic E-state index is -1.29. The summed E-state index contributed by atoms with van der Waals surface area (Å²) in [5.74, 6) is -1.29. The molecule has 4 aromatic rings. The summed E-state index contributed by atoms with van der Waals surface area (Å²) in [4.78, 5) is 43.9. The van der Waals surface area contributed by atoms with Crippen LogP contribution in [0.3, 0.4) is 0 Å². The molecule has 140 valence electrons. The fourth-order valence-electron chi connectivity index (χ4n) is 3.15. The number of hydrogen-bond donors (Lipinski definition) is 1. The van der Waals surface area contributed by atoms with Crippen LogP contribution < -0.4 is 16.4 Å². The van der Waals surface area contributed by atoms with Crippen LogP contribution in [0.2, 0.25) is 0 Å². The van der Waals surface area contributed by atoms with Crippen molar-refractivity contribution in [3.05, 3.63) is 92.4 Å². The molecule has 2 heterocycles. The summed E-state index contributed by atoms with van der Waals surface area (Å²) in [6.07, 6.45) is 1.37. The molecule has 8 nitrogen and oxygen atoms in total. The Morgan fingerprint density at radius 2 is 1.82 bits per heavy atom. The minimum Gasteiger partial charge on any atom is -0.545 e. The maximum Gasteiger partial charge on any atom is 0.337 e. The third-order valence-corrected chi connectivity index (χ3v) is 4.60. The molecule has 0 amide bonds. The first-order valence-corrected chi connectivity index (χ1v) is 8.52. The first kappa shape index (κ1) is 17.5. The molecular formula is C20H15N4O4-. The Labute approximate surface area is 158 Å². The van der Waals surface area contributed by atoms with Gasteiger partial charge in [0.15, 0.2) is 5.65 Å². The summed E-state index contributed by atoms with van der Waals surface area (Å²) in [7, 11) is 0. The van der Waals surface area contributed by atoms with Crippen LogP contribution in [0.25, 0.3) is 16.9 Å². The number of carbonyl (C=O) groups is 1. The minimum absolute atomic E-state index is 0.00810. The molecule has 0 saturated carbocycles. The van der Waals surface area contributed by atoms with Gasteiger partial charge < -0.3 is 14.9 Å². The van der Waals surface area contributed by atoms with Crippen molar-refractivity contribution >= 4 is 17.1 Å². The van der Waals surface area contributed by atoms with E-state index in [1.54, 1.807) is 24.3 Å². The van der Waals surface area contributed by atoms with E-state index in [2.05, 4.69) is 9.97 Å². The van der Waals surface area contributed by atoms with Crippen LogP contribution in [0.1, 0.15) is 21.5 Å². The number of carboxylic acids is 1. The molecule has 0 aliphatic heterocycles. The van der Waals surface area contributed by atoms with E-state index < -0.39 is 17.2 Å². The van der Waals surface area contributed by atoms with Gasteiger partial charge in [-0.2, -0.15) is 0 Å². The summed E-state index contributed by atoms with van der Waals surface area (Å²) in [6.45, 7) is 1.86. The highest BCUT2D eigenvalue weighted by atomic mass is 16.4. The van der Waals surface area contributed by atoms with Crippen molar-refractivity contribution in [3.63, 3.8) is 0 Å². The summed E-state index contributed by atoms with van der Waals surface area (Å²) in [6, 6.07) is 13.2. The summed E-state index contributed by atoms with van der Waals surface area (Å²) < 4.78 is 2.50.